The van der Waals surface area contributed by atoms with Crippen molar-refractivity contribution in [2.75, 3.05) is 4.72 Å². The van der Waals surface area contributed by atoms with E-state index >= 15 is 0 Å². The second-order valence-corrected chi connectivity index (χ2v) is 7.65. The molecule has 0 aliphatic rings. The number of benzene rings is 2. The van der Waals surface area contributed by atoms with Gasteiger partial charge in [0.2, 0.25) is 0 Å². The van der Waals surface area contributed by atoms with Crippen LogP contribution in [0.1, 0.15) is 5.82 Å². The number of rotatable bonds is 4. The highest BCUT2D eigenvalue weighted by atomic mass is 32.2. The van der Waals surface area contributed by atoms with Crippen LogP contribution in [0, 0.1) is 18.6 Å². The van der Waals surface area contributed by atoms with Gasteiger partial charge in [0.15, 0.2) is 11.5 Å². The molecule has 2 aromatic heterocycles. The Morgan fingerprint density at radius 2 is 1.82 bits per heavy atom. The van der Waals surface area contributed by atoms with Crippen molar-refractivity contribution in [3.8, 4) is 11.3 Å². The molecule has 28 heavy (non-hydrogen) atoms. The Morgan fingerprint density at radius 1 is 1.00 bits per heavy atom. The zero-order valence-corrected chi connectivity index (χ0v) is 15.3. The van der Waals surface area contributed by atoms with Gasteiger partial charge in [0.05, 0.1) is 5.69 Å². The summed E-state index contributed by atoms with van der Waals surface area (Å²) in [7, 11) is -4.23. The first-order valence-electron chi connectivity index (χ1n) is 8.11. The smallest absolute Gasteiger partial charge is 0.264 e. The molecule has 7 nitrogen and oxygen atoms in total. The molecule has 0 saturated heterocycles. The standard InChI is InChI=1S/C18H13F2N5O2S/c1-11-21-22-18-8-6-16(23-25(11)18)12-3-2-4-14(9-12)24-28(26,27)17-7-5-13(19)10-15(17)20/h2-10,24H,1H3. The predicted molar refractivity (Wildman–Crippen MR) is 98.1 cm³/mol. The summed E-state index contributed by atoms with van der Waals surface area (Å²) in [4.78, 5) is -0.640. The van der Waals surface area contributed by atoms with E-state index in [0.29, 0.717) is 28.8 Å². The molecule has 0 spiro atoms. The maximum Gasteiger partial charge on any atom is 0.264 e. The van der Waals surface area contributed by atoms with E-state index in [9.17, 15) is 17.2 Å². The number of hydrogen-bond acceptors (Lipinski definition) is 5. The number of hydrogen-bond donors (Lipinski definition) is 1. The predicted octanol–water partition coefficient (Wildman–Crippen LogP) is 3.18. The Labute approximate surface area is 158 Å². The fourth-order valence-electron chi connectivity index (χ4n) is 2.70. The second kappa shape index (κ2) is 6.64. The molecule has 0 fully saturated rings. The number of aryl methyl sites for hydroxylation is 1. The summed E-state index contributed by atoms with van der Waals surface area (Å²) in [6, 6.07) is 12.2. The number of nitrogens with one attached hydrogen (secondary N) is 1. The number of anilines is 1. The number of fused-ring (bicyclic) bond motifs is 1. The Hall–Kier alpha value is -3.40. The largest absolute Gasteiger partial charge is 0.280 e. The highest BCUT2D eigenvalue weighted by Gasteiger charge is 2.20. The highest BCUT2D eigenvalue weighted by molar-refractivity contribution is 7.92. The van der Waals surface area contributed by atoms with E-state index in [1.54, 1.807) is 41.8 Å². The monoisotopic (exact) mass is 401 g/mol. The van der Waals surface area contributed by atoms with Gasteiger partial charge in [0, 0.05) is 17.3 Å². The maximum absolute atomic E-state index is 13.9. The first-order valence-corrected chi connectivity index (χ1v) is 9.59. The van der Waals surface area contributed by atoms with Crippen LogP contribution < -0.4 is 4.72 Å². The van der Waals surface area contributed by atoms with Gasteiger partial charge in [-0.05, 0) is 43.3 Å². The van der Waals surface area contributed by atoms with Crippen molar-refractivity contribution in [3.05, 3.63) is 72.1 Å². The van der Waals surface area contributed by atoms with Crippen LogP contribution in [0.5, 0.6) is 0 Å². The van der Waals surface area contributed by atoms with Crippen LogP contribution >= 0.6 is 0 Å². The van der Waals surface area contributed by atoms with Gasteiger partial charge in [-0.2, -0.15) is 9.61 Å². The van der Waals surface area contributed by atoms with Gasteiger partial charge in [-0.1, -0.05) is 12.1 Å². The molecule has 142 valence electrons. The van der Waals surface area contributed by atoms with Crippen LogP contribution in [0.4, 0.5) is 14.5 Å². The van der Waals surface area contributed by atoms with E-state index in [0.717, 1.165) is 12.1 Å². The van der Waals surface area contributed by atoms with Crippen molar-refractivity contribution in [1.82, 2.24) is 19.8 Å². The summed E-state index contributed by atoms with van der Waals surface area (Å²) in [5, 5.41) is 12.3. The lowest BCUT2D eigenvalue weighted by Crippen LogP contribution is -2.14. The quantitative estimate of drug-likeness (QED) is 0.567. The van der Waals surface area contributed by atoms with Crippen LogP contribution in [0.3, 0.4) is 0 Å². The first kappa shape index (κ1) is 18.0. The van der Waals surface area contributed by atoms with Crippen LogP contribution in [-0.4, -0.2) is 28.2 Å². The number of nitrogens with zero attached hydrogens (tertiary/aromatic N) is 4. The van der Waals surface area contributed by atoms with Gasteiger partial charge < -0.3 is 0 Å². The van der Waals surface area contributed by atoms with Gasteiger partial charge in [0.25, 0.3) is 10.0 Å². The zero-order chi connectivity index (χ0) is 19.9. The molecule has 2 heterocycles. The SMILES string of the molecule is Cc1nnc2ccc(-c3cccc(NS(=O)(=O)c4ccc(F)cc4F)c3)nn12. The second-order valence-electron chi connectivity index (χ2n) is 6.00. The third-order valence-electron chi connectivity index (χ3n) is 4.01. The summed E-state index contributed by atoms with van der Waals surface area (Å²) in [5.41, 5.74) is 2.01. The van der Waals surface area contributed by atoms with E-state index in [1.807, 2.05) is 0 Å². The van der Waals surface area contributed by atoms with Crippen LogP contribution in [-0.2, 0) is 10.0 Å². The molecule has 0 saturated carbocycles. The van der Waals surface area contributed by atoms with E-state index < -0.39 is 26.6 Å². The van der Waals surface area contributed by atoms with Crippen molar-refractivity contribution < 1.29 is 17.2 Å². The highest BCUT2D eigenvalue weighted by Crippen LogP contribution is 2.24. The Balaban J connectivity index is 1.69. The molecular formula is C18H13F2N5O2S. The van der Waals surface area contributed by atoms with Crippen LogP contribution in [0.15, 0.2) is 59.5 Å². The van der Waals surface area contributed by atoms with Crippen molar-refractivity contribution in [3.63, 3.8) is 0 Å². The molecule has 1 N–H and O–H groups in total. The van der Waals surface area contributed by atoms with Crippen molar-refractivity contribution in [2.24, 2.45) is 0 Å². The minimum absolute atomic E-state index is 0.212. The Bertz CT molecular complexity index is 1300. The van der Waals surface area contributed by atoms with Gasteiger partial charge in [-0.3, -0.25) is 4.72 Å². The molecule has 2 aromatic carbocycles. The topological polar surface area (TPSA) is 89.2 Å². The van der Waals surface area contributed by atoms with Gasteiger partial charge in [-0.15, -0.1) is 10.2 Å². The van der Waals surface area contributed by atoms with E-state index in [2.05, 4.69) is 20.0 Å². The fraction of sp³-hybridized carbons (Fsp3) is 0.0556. The minimum atomic E-state index is -4.23. The average Bonchev–Trinajstić information content (AvgIpc) is 3.02. The van der Waals surface area contributed by atoms with E-state index in [4.69, 9.17) is 0 Å². The molecule has 0 unspecified atom stereocenters. The summed E-state index contributed by atoms with van der Waals surface area (Å²) in [5.74, 6) is -1.41. The molecule has 0 radical (unpaired) electrons. The van der Waals surface area contributed by atoms with Crippen molar-refractivity contribution in [2.45, 2.75) is 11.8 Å². The van der Waals surface area contributed by atoms with Gasteiger partial charge >= 0.3 is 0 Å². The summed E-state index contributed by atoms with van der Waals surface area (Å²) < 4.78 is 55.7. The molecular weight excluding hydrogens is 388 g/mol. The summed E-state index contributed by atoms with van der Waals surface area (Å²) in [6.45, 7) is 1.76. The maximum atomic E-state index is 13.9. The molecule has 10 heteroatoms. The van der Waals surface area contributed by atoms with Crippen LogP contribution in [0.2, 0.25) is 0 Å². The number of halogens is 2. The zero-order valence-electron chi connectivity index (χ0n) is 14.5. The van der Waals surface area contributed by atoms with Crippen molar-refractivity contribution in [1.29, 1.82) is 0 Å². The van der Waals surface area contributed by atoms with Crippen LogP contribution in [0.25, 0.3) is 16.9 Å². The fourth-order valence-corrected chi connectivity index (χ4v) is 3.81. The molecule has 4 aromatic rings. The normalized spacial score (nSPS) is 11.7. The Kier molecular flexibility index (Phi) is 4.27. The van der Waals surface area contributed by atoms with Gasteiger partial charge in [0.1, 0.15) is 16.5 Å². The molecule has 0 atom stereocenters. The Morgan fingerprint density at radius 3 is 2.61 bits per heavy atom. The first-order chi connectivity index (χ1) is 13.3. The minimum Gasteiger partial charge on any atom is -0.280 e. The lowest BCUT2D eigenvalue weighted by Gasteiger charge is -2.10. The van der Waals surface area contributed by atoms with Gasteiger partial charge in [-0.25, -0.2) is 17.2 Å². The molecule has 4 rings (SSSR count). The molecule has 0 aliphatic carbocycles. The number of sulfonamides is 1. The molecule has 0 aliphatic heterocycles. The summed E-state index contributed by atoms with van der Waals surface area (Å²) in [6.07, 6.45) is 0. The summed E-state index contributed by atoms with van der Waals surface area (Å²) >= 11 is 0. The third-order valence-corrected chi connectivity index (χ3v) is 5.43. The van der Waals surface area contributed by atoms with E-state index in [-0.39, 0.29) is 5.69 Å². The third kappa shape index (κ3) is 3.29. The molecule has 0 bridgehead atoms. The average molecular weight is 401 g/mol. The number of aromatic nitrogens is 4. The lowest BCUT2D eigenvalue weighted by molar-refractivity contribution is 0.551. The lowest BCUT2D eigenvalue weighted by atomic mass is 10.1. The van der Waals surface area contributed by atoms with Crippen molar-refractivity contribution >= 4 is 21.4 Å². The van der Waals surface area contributed by atoms with E-state index in [1.165, 1.54) is 6.07 Å². The molecule has 0 amide bonds.